The topological polar surface area (TPSA) is 132 Å². The number of hydrogen-bond donors (Lipinski definition) is 1. The van der Waals surface area contributed by atoms with Gasteiger partial charge >= 0.3 is 5.97 Å². The Morgan fingerprint density at radius 2 is 2.00 bits per heavy atom. The molecular formula is C26H30FN5O6. The van der Waals surface area contributed by atoms with Crippen LogP contribution in [-0.4, -0.2) is 71.0 Å². The molecule has 0 aliphatic carbocycles. The largest absolute Gasteiger partial charge is 0.480 e. The number of methoxy groups -OCH3 is 1. The van der Waals surface area contributed by atoms with E-state index in [1.165, 1.54) is 49.7 Å². The molecule has 3 heterocycles. The highest BCUT2D eigenvalue weighted by Gasteiger charge is 2.58. The normalized spacial score (nSPS) is 23.0. The molecule has 2 aliphatic heterocycles. The summed E-state index contributed by atoms with van der Waals surface area (Å²) < 4.78 is 31.6. The molecule has 0 spiro atoms. The van der Waals surface area contributed by atoms with Crippen LogP contribution in [0.15, 0.2) is 35.6 Å². The first-order chi connectivity index (χ1) is 17.8. The number of hydrogen-bond acceptors (Lipinski definition) is 9. The fraction of sp³-hybridized carbons (Fsp3) is 0.462. The van der Waals surface area contributed by atoms with Crippen LogP contribution in [0.2, 0.25) is 0 Å². The van der Waals surface area contributed by atoms with E-state index >= 15 is 4.39 Å². The lowest BCUT2D eigenvalue weighted by atomic mass is 9.76. The number of amides is 2. The van der Waals surface area contributed by atoms with Crippen LogP contribution in [0.4, 0.5) is 10.1 Å². The lowest BCUT2D eigenvalue weighted by Crippen LogP contribution is -2.54. The smallest absolute Gasteiger partial charge is 0.313 e. The third kappa shape index (κ3) is 5.21. The highest BCUT2D eigenvalue weighted by molar-refractivity contribution is 6.08. The summed E-state index contributed by atoms with van der Waals surface area (Å²) in [6.07, 6.45) is 1.71. The summed E-state index contributed by atoms with van der Waals surface area (Å²) in [6.45, 7) is 6.84. The van der Waals surface area contributed by atoms with Crippen LogP contribution in [0.25, 0.3) is 0 Å². The van der Waals surface area contributed by atoms with Gasteiger partial charge in [0, 0.05) is 18.3 Å². The second-order valence-electron chi connectivity index (χ2n) is 10.2. The van der Waals surface area contributed by atoms with Gasteiger partial charge in [-0.05, 0) is 45.9 Å². The molecule has 2 amide bonds. The van der Waals surface area contributed by atoms with Crippen molar-refractivity contribution in [2.45, 2.75) is 51.4 Å². The predicted molar refractivity (Wildman–Crippen MR) is 134 cm³/mol. The molecule has 38 heavy (non-hydrogen) atoms. The zero-order valence-electron chi connectivity index (χ0n) is 22.1. The number of anilines is 1. The van der Waals surface area contributed by atoms with Gasteiger partial charge in [0.1, 0.15) is 34.9 Å². The van der Waals surface area contributed by atoms with Crippen molar-refractivity contribution in [1.29, 1.82) is 0 Å². The average molecular weight is 528 g/mol. The Balaban J connectivity index is 1.71. The lowest BCUT2D eigenvalue weighted by Gasteiger charge is -2.39. The molecule has 1 saturated heterocycles. The Bertz CT molecular complexity index is 1290. The Hall–Kier alpha value is -3.93. The summed E-state index contributed by atoms with van der Waals surface area (Å²) in [7, 11) is 2.95. The minimum atomic E-state index is -1.44. The van der Waals surface area contributed by atoms with Gasteiger partial charge in [0.25, 0.3) is 5.91 Å². The van der Waals surface area contributed by atoms with E-state index in [-0.39, 0.29) is 47.6 Å². The van der Waals surface area contributed by atoms with Crippen LogP contribution < -0.4 is 10.1 Å². The predicted octanol–water partition coefficient (Wildman–Crippen LogP) is 2.71. The number of benzene rings is 1. The molecule has 1 N–H and O–H groups in total. The monoisotopic (exact) mass is 527 g/mol. The standard InChI is InChI=1S/C26H30FN5O6/c1-14-22-24(35)32(5)19(10-21(33)38-25(2,3)4)31-26(22,13-37-14)16-9-15(7-8-17(16)27)30-23(34)18-11-29-20(36-6)12-28-18/h7-9,11-12,14,22H,10,13H2,1-6H3,(H,30,34)/t14-,22+,26-/m1/s1. The molecule has 2 aromatic rings. The van der Waals surface area contributed by atoms with Gasteiger partial charge in [-0.15, -0.1) is 0 Å². The van der Waals surface area contributed by atoms with Crippen molar-refractivity contribution in [2.75, 3.05) is 26.1 Å². The summed E-state index contributed by atoms with van der Waals surface area (Å²) in [5.41, 5.74) is -1.82. The Morgan fingerprint density at radius 3 is 2.63 bits per heavy atom. The van der Waals surface area contributed by atoms with Crippen LogP contribution in [0.5, 0.6) is 5.88 Å². The van der Waals surface area contributed by atoms with Gasteiger partial charge < -0.3 is 24.4 Å². The van der Waals surface area contributed by atoms with E-state index in [0.717, 1.165) is 0 Å². The number of aliphatic imine (C=N–C) groups is 1. The molecule has 2 aliphatic rings. The van der Waals surface area contributed by atoms with Crippen LogP contribution in [-0.2, 0) is 24.6 Å². The molecule has 0 unspecified atom stereocenters. The van der Waals surface area contributed by atoms with Crippen molar-refractivity contribution < 1.29 is 33.0 Å². The number of carbonyl (C=O) groups is 3. The van der Waals surface area contributed by atoms with Crippen molar-refractivity contribution in [1.82, 2.24) is 14.9 Å². The summed E-state index contributed by atoms with van der Waals surface area (Å²) in [5.74, 6) is -2.59. The first-order valence-electron chi connectivity index (χ1n) is 12.0. The number of halogens is 1. The first-order valence-corrected chi connectivity index (χ1v) is 12.0. The van der Waals surface area contributed by atoms with Gasteiger partial charge in [0.2, 0.25) is 11.8 Å². The molecule has 11 nitrogen and oxygen atoms in total. The van der Waals surface area contributed by atoms with Gasteiger partial charge in [0.05, 0.1) is 38.1 Å². The van der Waals surface area contributed by atoms with Crippen LogP contribution >= 0.6 is 0 Å². The maximum absolute atomic E-state index is 15.4. The van der Waals surface area contributed by atoms with Crippen molar-refractivity contribution >= 4 is 29.3 Å². The van der Waals surface area contributed by atoms with Crippen LogP contribution in [0.1, 0.15) is 50.2 Å². The van der Waals surface area contributed by atoms with Gasteiger partial charge in [0.15, 0.2) is 0 Å². The molecule has 1 aromatic heterocycles. The van der Waals surface area contributed by atoms with Crippen LogP contribution in [0, 0.1) is 11.7 Å². The van der Waals surface area contributed by atoms with Crippen molar-refractivity contribution in [3.05, 3.63) is 47.7 Å². The van der Waals surface area contributed by atoms with Gasteiger partial charge in [-0.2, -0.15) is 0 Å². The molecule has 1 fully saturated rings. The number of rotatable bonds is 6. The summed E-state index contributed by atoms with van der Waals surface area (Å²) in [6, 6.07) is 4.00. The summed E-state index contributed by atoms with van der Waals surface area (Å²) in [4.78, 5) is 52.8. The maximum Gasteiger partial charge on any atom is 0.313 e. The molecule has 3 atom stereocenters. The van der Waals surface area contributed by atoms with Crippen molar-refractivity contribution in [3.63, 3.8) is 0 Å². The fourth-order valence-electron chi connectivity index (χ4n) is 4.62. The van der Waals surface area contributed by atoms with E-state index in [4.69, 9.17) is 19.2 Å². The van der Waals surface area contributed by atoms with Gasteiger partial charge in [-0.1, -0.05) is 0 Å². The molecule has 202 valence electrons. The summed E-state index contributed by atoms with van der Waals surface area (Å²) in [5, 5.41) is 2.67. The lowest BCUT2D eigenvalue weighted by molar-refractivity contribution is -0.153. The van der Waals surface area contributed by atoms with Gasteiger partial charge in [-0.25, -0.2) is 14.4 Å². The van der Waals surface area contributed by atoms with E-state index < -0.39 is 40.9 Å². The zero-order valence-corrected chi connectivity index (χ0v) is 22.1. The highest BCUT2D eigenvalue weighted by atomic mass is 19.1. The summed E-state index contributed by atoms with van der Waals surface area (Å²) >= 11 is 0. The molecular weight excluding hydrogens is 497 g/mol. The number of ether oxygens (including phenoxy) is 3. The Morgan fingerprint density at radius 1 is 1.26 bits per heavy atom. The number of nitrogens with zero attached hydrogens (tertiary/aromatic N) is 4. The number of aromatic nitrogens is 2. The molecule has 0 bridgehead atoms. The van der Waals surface area contributed by atoms with Crippen molar-refractivity contribution in [3.8, 4) is 5.88 Å². The highest BCUT2D eigenvalue weighted by Crippen LogP contribution is 2.47. The molecule has 12 heteroatoms. The third-order valence-corrected chi connectivity index (χ3v) is 6.35. The molecule has 0 radical (unpaired) electrons. The third-order valence-electron chi connectivity index (χ3n) is 6.35. The minimum Gasteiger partial charge on any atom is -0.480 e. The van der Waals surface area contributed by atoms with Gasteiger partial charge in [-0.3, -0.25) is 19.4 Å². The van der Waals surface area contributed by atoms with E-state index in [9.17, 15) is 14.4 Å². The van der Waals surface area contributed by atoms with E-state index in [0.29, 0.717) is 0 Å². The number of amidine groups is 1. The zero-order chi connectivity index (χ0) is 27.8. The Labute approximate surface area is 219 Å². The second kappa shape index (κ2) is 10.1. The SMILES string of the molecule is COc1cnc(C(=O)Nc2ccc(F)c([C@]34CO[C@H](C)[C@H]3C(=O)N(C)C(CC(=O)OC(C)(C)C)=N4)c2)cn1. The number of fused-ring (bicyclic) bond motifs is 1. The average Bonchev–Trinajstić information content (AvgIpc) is 3.19. The van der Waals surface area contributed by atoms with E-state index in [1.54, 1.807) is 27.7 Å². The molecule has 0 saturated carbocycles. The molecule has 1 aromatic carbocycles. The second-order valence-corrected chi connectivity index (χ2v) is 10.2. The Kier molecular flexibility index (Phi) is 7.20. The van der Waals surface area contributed by atoms with Crippen LogP contribution in [0.3, 0.4) is 0 Å². The van der Waals surface area contributed by atoms with E-state index in [1.807, 2.05) is 0 Å². The number of carbonyl (C=O) groups excluding carboxylic acids is 3. The van der Waals surface area contributed by atoms with E-state index in [2.05, 4.69) is 15.3 Å². The minimum absolute atomic E-state index is 0.0256. The maximum atomic E-state index is 15.4. The quantitative estimate of drug-likeness (QED) is 0.567. The number of nitrogens with one attached hydrogen (secondary N) is 1. The van der Waals surface area contributed by atoms with Crippen molar-refractivity contribution in [2.24, 2.45) is 10.9 Å². The number of esters is 1. The molecule has 4 rings (SSSR count). The fourth-order valence-corrected chi connectivity index (χ4v) is 4.62. The first kappa shape index (κ1) is 27.1.